The minimum absolute atomic E-state index is 0. The molecule has 313 valence electrons. The molecule has 0 aliphatic rings. The van der Waals surface area contributed by atoms with Gasteiger partial charge in [0.2, 0.25) is 0 Å². The number of carbonyl (C=O) groups excluding carboxylic acids is 5. The molecule has 4 N–H and O–H groups in total. The summed E-state index contributed by atoms with van der Waals surface area (Å²) in [4.78, 5) is 79.5. The number of methoxy groups -OCH3 is 2. The number of rotatable bonds is 14. The molecule has 1 radical (unpaired) electrons. The van der Waals surface area contributed by atoms with E-state index in [9.17, 15) is 28.8 Å². The van der Waals surface area contributed by atoms with Crippen molar-refractivity contribution in [3.63, 3.8) is 0 Å². The maximum Gasteiger partial charge on any atom is 0.416 e. The monoisotopic (exact) mass is 1040 g/mol. The molecule has 16 nitrogen and oxygen atoms in total. The van der Waals surface area contributed by atoms with Gasteiger partial charge in [-0.05, 0) is 106 Å². The second-order valence-corrected chi connectivity index (χ2v) is 13.7. The zero-order valence-electron chi connectivity index (χ0n) is 36.3. The zero-order valence-corrected chi connectivity index (χ0v) is 39.2. The first-order chi connectivity index (χ1) is 26.0. The predicted octanol–water partition coefficient (Wildman–Crippen LogP) is 0.919. The number of hydrogen-bond acceptors (Lipinski definition) is 12. The molecule has 19 heteroatoms. The number of nitrogens with zero attached hydrogens (tertiary/aromatic N) is 4. The number of ketones is 1. The molecule has 0 saturated carbocycles. The Labute approximate surface area is 365 Å². The first-order valence-corrected chi connectivity index (χ1v) is 17.1. The number of pyridine rings is 2. The summed E-state index contributed by atoms with van der Waals surface area (Å²) < 4.78 is 31.0. The van der Waals surface area contributed by atoms with Crippen LogP contribution in [-0.2, 0) is 38.1 Å². The van der Waals surface area contributed by atoms with Crippen LogP contribution in [0.2, 0.25) is 0 Å². The molecular formula is C37H60BClN5O11U. The van der Waals surface area contributed by atoms with Crippen molar-refractivity contribution in [3.8, 4) is 0 Å². The molecule has 56 heavy (non-hydrogen) atoms. The van der Waals surface area contributed by atoms with Gasteiger partial charge in [0.05, 0.1) is 29.0 Å². The van der Waals surface area contributed by atoms with E-state index >= 15 is 0 Å². The summed E-state index contributed by atoms with van der Waals surface area (Å²) in [6, 6.07) is 7.23. The van der Waals surface area contributed by atoms with E-state index in [1.807, 2.05) is 26.0 Å². The van der Waals surface area contributed by atoms with Crippen molar-refractivity contribution in [3.05, 3.63) is 47.8 Å². The van der Waals surface area contributed by atoms with Gasteiger partial charge in [-0.2, -0.15) is 0 Å². The Morgan fingerprint density at radius 1 is 0.750 bits per heavy atom. The van der Waals surface area contributed by atoms with Crippen molar-refractivity contribution in [2.75, 3.05) is 43.7 Å². The molecule has 0 aliphatic heterocycles. The van der Waals surface area contributed by atoms with Crippen LogP contribution in [0.15, 0.2) is 36.7 Å². The number of quaternary nitrogens is 1. The number of carboxylic acids is 1. The zero-order chi connectivity index (χ0) is 43.5. The first kappa shape index (κ1) is 54.4. The van der Waals surface area contributed by atoms with Gasteiger partial charge in [-0.25, -0.2) is 24.4 Å². The third-order valence-electron chi connectivity index (χ3n) is 6.46. The number of carbonyl (C=O) groups is 6. The van der Waals surface area contributed by atoms with Crippen molar-refractivity contribution >= 4 is 55.9 Å². The predicted molar refractivity (Wildman–Crippen MR) is 206 cm³/mol. The van der Waals surface area contributed by atoms with E-state index in [4.69, 9.17) is 17.3 Å². The number of carboxylic acid groups (broad SMARTS) is 1. The summed E-state index contributed by atoms with van der Waals surface area (Å²) in [7, 11) is 3.13. The van der Waals surface area contributed by atoms with Gasteiger partial charge < -0.3 is 42.2 Å². The second-order valence-electron chi connectivity index (χ2n) is 13.7. The fraction of sp³-hybridized carbons (Fsp3) is 0.568. The van der Waals surface area contributed by atoms with Gasteiger partial charge in [-0.15, -0.1) is 0 Å². The van der Waals surface area contributed by atoms with Gasteiger partial charge in [0.15, 0.2) is 6.54 Å². The fourth-order valence-electron chi connectivity index (χ4n) is 3.96. The molecule has 0 bridgehead atoms. The fourth-order valence-corrected chi connectivity index (χ4v) is 3.96. The van der Waals surface area contributed by atoms with E-state index in [0.29, 0.717) is 39.4 Å². The molecule has 2 aromatic rings. The average Bonchev–Trinajstić information content (AvgIpc) is 3.09. The summed E-state index contributed by atoms with van der Waals surface area (Å²) in [5, 5.41) is 8.72. The Morgan fingerprint density at radius 2 is 1.14 bits per heavy atom. The standard InChI is InChI=1S/C19H28N2O5.C15H22N2O4.C3H7NO2.BH2.ClH.U/c1-14-10-11-20-16(13-14)21(18(24)26-19(2,3)4)12-6-7-15(22)8-9-17(23)25-5;1-11-7-8-16-12(10-11)17(9-5-6-13(18)19)14(20)21-15(2,3)4;1-6-3(5)2-4;;;/h10-11,13H,6-9,12H2,1-5H3;7-8,10H,5-6,9H2,1-4H3,(H,18,19);2,4H2,1H3;1H2;1H;/i;;;1T2;;. The number of Topliss-reactive ketones (excluding diaryl/α,β-unsaturated/α-hetero) is 1. The van der Waals surface area contributed by atoms with Crippen LogP contribution < -0.4 is 27.9 Å². The molecule has 2 heterocycles. The third kappa shape index (κ3) is 28.7. The van der Waals surface area contributed by atoms with E-state index in [1.54, 1.807) is 66.1 Å². The molecule has 0 aromatic carbocycles. The van der Waals surface area contributed by atoms with Crippen molar-refractivity contribution < 1.29 is 102 Å². The molecule has 0 fully saturated rings. The number of halogens is 1. The minimum atomic E-state index is -0.892. The van der Waals surface area contributed by atoms with Gasteiger partial charge in [0.25, 0.3) is 0 Å². The topological polar surface area (TPSA) is 219 Å². The summed E-state index contributed by atoms with van der Waals surface area (Å²) in [5.41, 5.74) is 3.97. The van der Waals surface area contributed by atoms with E-state index in [2.05, 4.69) is 25.2 Å². The smallest absolute Gasteiger partial charge is 0.416 e. The van der Waals surface area contributed by atoms with Gasteiger partial charge in [0, 0.05) is 75.9 Å². The SMILES string of the molecule is COC(=O)CCC(=O)CCCN(C(=O)OC(C)(C)C)c1cc(C)ccn1.COC(=O)C[NH3+].Cc1ccnc(N(CCCC(=O)O)C(=O)OC(C)(C)C)c1.[3H][B][3H].[Cl-].[U]. The van der Waals surface area contributed by atoms with Gasteiger partial charge in [-0.3, -0.25) is 24.2 Å². The molecule has 2 rings (SSSR count). The Morgan fingerprint density at radius 3 is 1.45 bits per heavy atom. The maximum absolute atomic E-state index is 12.5. The van der Waals surface area contributed by atoms with E-state index in [-0.39, 0.29) is 94.0 Å². The van der Waals surface area contributed by atoms with E-state index in [0.717, 1.165) is 11.1 Å². The molecule has 2 aromatic heterocycles. The van der Waals surface area contributed by atoms with Crippen LogP contribution in [0, 0.1) is 45.0 Å². The summed E-state index contributed by atoms with van der Waals surface area (Å²) in [6.07, 6.45) is 3.48. The number of aromatic nitrogens is 2. The van der Waals surface area contributed by atoms with Crippen LogP contribution in [0.5, 0.6) is 0 Å². The van der Waals surface area contributed by atoms with Crippen LogP contribution in [0.1, 0.15) is 91.2 Å². The molecule has 0 atom stereocenters. The number of esters is 2. The first-order valence-electron chi connectivity index (χ1n) is 18.3. The number of ether oxygens (including phenoxy) is 4. The molecule has 0 unspecified atom stereocenters. The van der Waals surface area contributed by atoms with Crippen LogP contribution in [0.3, 0.4) is 0 Å². The number of aliphatic carboxylic acids is 1. The Kier molecular flexibility index (Phi) is 29.6. The molecule has 0 aliphatic carbocycles. The summed E-state index contributed by atoms with van der Waals surface area (Å²) in [5.74, 6) is -0.656. The van der Waals surface area contributed by atoms with Gasteiger partial charge in [-0.1, -0.05) is 0 Å². The average molecular weight is 1040 g/mol. The summed E-state index contributed by atoms with van der Waals surface area (Å²) in [6.45, 7) is 15.3. The Balaban J connectivity index is -0.000000408. The minimum Gasteiger partial charge on any atom is -1.00 e. The van der Waals surface area contributed by atoms with Crippen LogP contribution in [0.25, 0.3) is 0 Å². The summed E-state index contributed by atoms with van der Waals surface area (Å²) >= 11 is 0. The Hall–Kier alpha value is -3.71. The quantitative estimate of drug-likeness (QED) is 0.153. The number of amides is 2. The van der Waals surface area contributed by atoms with Crippen molar-refractivity contribution in [1.82, 2.24) is 9.97 Å². The molecular weight excluding hydrogens is 975 g/mol. The molecule has 0 spiro atoms. The normalized spacial score (nSPS) is 10.3. The number of aryl methyl sites for hydroxylation is 2. The van der Waals surface area contributed by atoms with Gasteiger partial charge >= 0.3 is 30.1 Å². The molecule has 0 saturated heterocycles. The van der Waals surface area contributed by atoms with Crippen LogP contribution >= 0.6 is 0 Å². The Bertz CT molecular complexity index is 1530. The van der Waals surface area contributed by atoms with Crippen molar-refractivity contribution in [2.45, 2.75) is 105 Å². The van der Waals surface area contributed by atoms with Crippen molar-refractivity contribution in [2.24, 2.45) is 0 Å². The number of anilines is 2. The largest absolute Gasteiger partial charge is 1.00 e. The second kappa shape index (κ2) is 30.4. The van der Waals surface area contributed by atoms with Crippen molar-refractivity contribution in [1.29, 1.82) is 2.67 Å². The van der Waals surface area contributed by atoms with Gasteiger partial charge in [0.1, 0.15) is 28.6 Å². The van der Waals surface area contributed by atoms with Crippen LogP contribution in [0.4, 0.5) is 21.2 Å². The maximum atomic E-state index is 12.5. The van der Waals surface area contributed by atoms with E-state index in [1.165, 1.54) is 24.0 Å². The third-order valence-corrected chi connectivity index (χ3v) is 6.46. The number of hydrogen-bond donors (Lipinski definition) is 2. The van der Waals surface area contributed by atoms with E-state index < -0.39 is 35.3 Å². The molecule has 2 amide bonds. The van der Waals surface area contributed by atoms with Crippen LogP contribution in [-0.4, -0.2) is 107 Å².